The Labute approximate surface area is 103 Å². The van der Waals surface area contributed by atoms with Crippen LogP contribution in [0.2, 0.25) is 0 Å². The topological polar surface area (TPSA) is 84.6 Å². The molecule has 0 saturated heterocycles. The van der Waals surface area contributed by atoms with E-state index >= 15 is 0 Å². The highest BCUT2D eigenvalue weighted by Gasteiger charge is 2.21. The van der Waals surface area contributed by atoms with Gasteiger partial charge in [0, 0.05) is 19.2 Å². The molecular weight excluding hydrogens is 220 g/mol. The number of nitrogens with one attached hydrogen (secondary N) is 1. The van der Waals surface area contributed by atoms with Crippen LogP contribution in [-0.4, -0.2) is 42.4 Å². The van der Waals surface area contributed by atoms with Crippen molar-refractivity contribution in [3.05, 3.63) is 0 Å². The highest BCUT2D eigenvalue weighted by atomic mass is 16.5. The second-order valence-electron chi connectivity index (χ2n) is 4.59. The van der Waals surface area contributed by atoms with Crippen LogP contribution in [0.15, 0.2) is 0 Å². The lowest BCUT2D eigenvalue weighted by Crippen LogP contribution is -2.41. The van der Waals surface area contributed by atoms with Gasteiger partial charge in [-0.2, -0.15) is 0 Å². The van der Waals surface area contributed by atoms with Crippen molar-refractivity contribution in [3.63, 3.8) is 0 Å². The summed E-state index contributed by atoms with van der Waals surface area (Å²) in [6.07, 6.45) is 3.21. The molecule has 1 saturated carbocycles. The van der Waals surface area contributed by atoms with Crippen molar-refractivity contribution in [2.24, 2.45) is 5.73 Å². The molecule has 1 atom stereocenters. The maximum atomic E-state index is 11.7. The highest BCUT2D eigenvalue weighted by Crippen LogP contribution is 2.18. The van der Waals surface area contributed by atoms with Gasteiger partial charge in [-0.1, -0.05) is 0 Å². The van der Waals surface area contributed by atoms with Gasteiger partial charge in [-0.25, -0.2) is 0 Å². The van der Waals surface area contributed by atoms with Crippen molar-refractivity contribution in [2.45, 2.75) is 57.3 Å². The Hall–Kier alpha value is -0.650. The van der Waals surface area contributed by atoms with E-state index in [4.69, 9.17) is 10.5 Å². The fraction of sp³-hybridized carbons (Fsp3) is 0.917. The van der Waals surface area contributed by atoms with Gasteiger partial charge >= 0.3 is 0 Å². The number of hydrogen-bond acceptors (Lipinski definition) is 4. The summed E-state index contributed by atoms with van der Waals surface area (Å²) in [5.41, 5.74) is 5.52. The number of rotatable bonds is 6. The van der Waals surface area contributed by atoms with E-state index in [1.54, 1.807) is 0 Å². The van der Waals surface area contributed by atoms with Gasteiger partial charge in [-0.15, -0.1) is 0 Å². The Morgan fingerprint density at radius 1 is 1.47 bits per heavy atom. The number of aliphatic hydroxyl groups excluding tert-OH is 1. The Balaban J connectivity index is 2.24. The maximum Gasteiger partial charge on any atom is 0.222 e. The third kappa shape index (κ3) is 5.48. The summed E-state index contributed by atoms with van der Waals surface area (Å²) in [6.45, 7) is 2.83. The first kappa shape index (κ1) is 14.4. The van der Waals surface area contributed by atoms with Gasteiger partial charge in [0.15, 0.2) is 0 Å². The third-order valence-electron chi connectivity index (χ3n) is 3.14. The standard InChI is InChI=1S/C12H24N2O3/c1-2-17-11(8-13)7-12(16)14-9-3-5-10(15)6-4-9/h9-11,15H,2-8,13H2,1H3,(H,14,16). The van der Waals surface area contributed by atoms with Crippen LogP contribution in [-0.2, 0) is 9.53 Å². The monoisotopic (exact) mass is 244 g/mol. The smallest absolute Gasteiger partial charge is 0.222 e. The van der Waals surface area contributed by atoms with E-state index in [0.717, 1.165) is 25.7 Å². The lowest BCUT2D eigenvalue weighted by Gasteiger charge is -2.26. The summed E-state index contributed by atoms with van der Waals surface area (Å²) in [4.78, 5) is 11.7. The summed E-state index contributed by atoms with van der Waals surface area (Å²) in [6, 6.07) is 0.200. The third-order valence-corrected chi connectivity index (χ3v) is 3.14. The van der Waals surface area contributed by atoms with Crippen LogP contribution in [0.1, 0.15) is 39.0 Å². The molecule has 0 radical (unpaired) electrons. The first-order chi connectivity index (χ1) is 8.15. The van der Waals surface area contributed by atoms with Crippen LogP contribution in [0.5, 0.6) is 0 Å². The second-order valence-corrected chi connectivity index (χ2v) is 4.59. The molecule has 5 nitrogen and oxygen atoms in total. The molecule has 1 unspecified atom stereocenters. The summed E-state index contributed by atoms with van der Waals surface area (Å²) < 4.78 is 5.34. The normalized spacial score (nSPS) is 26.5. The predicted octanol–water partition coefficient (Wildman–Crippen LogP) is 0.160. The molecule has 0 spiro atoms. The fourth-order valence-electron chi connectivity index (χ4n) is 2.16. The van der Waals surface area contributed by atoms with Crippen molar-refractivity contribution in [2.75, 3.05) is 13.2 Å². The predicted molar refractivity (Wildman–Crippen MR) is 65.5 cm³/mol. The number of aliphatic hydroxyl groups is 1. The van der Waals surface area contributed by atoms with Gasteiger partial charge in [0.1, 0.15) is 0 Å². The molecule has 4 N–H and O–H groups in total. The highest BCUT2D eigenvalue weighted by molar-refractivity contribution is 5.76. The summed E-state index contributed by atoms with van der Waals surface area (Å²) in [5.74, 6) is -0.00436. The SMILES string of the molecule is CCOC(CN)CC(=O)NC1CCC(O)CC1. The quantitative estimate of drug-likeness (QED) is 0.621. The van der Waals surface area contributed by atoms with Crippen LogP contribution in [0.25, 0.3) is 0 Å². The summed E-state index contributed by atoms with van der Waals surface area (Å²) >= 11 is 0. The van der Waals surface area contributed by atoms with E-state index in [-0.39, 0.29) is 24.2 Å². The van der Waals surface area contributed by atoms with Gasteiger partial charge in [0.25, 0.3) is 0 Å². The zero-order valence-electron chi connectivity index (χ0n) is 10.5. The Kier molecular flexibility index (Phi) is 6.47. The van der Waals surface area contributed by atoms with Crippen molar-refractivity contribution in [1.82, 2.24) is 5.32 Å². The lowest BCUT2D eigenvalue weighted by molar-refractivity contribution is -0.124. The molecule has 0 heterocycles. The van der Waals surface area contributed by atoms with Gasteiger partial charge in [0.05, 0.1) is 18.6 Å². The first-order valence-corrected chi connectivity index (χ1v) is 6.44. The number of ether oxygens (including phenoxy) is 1. The van der Waals surface area contributed by atoms with Gasteiger partial charge in [-0.3, -0.25) is 4.79 Å². The van der Waals surface area contributed by atoms with Crippen LogP contribution < -0.4 is 11.1 Å². The summed E-state index contributed by atoms with van der Waals surface area (Å²) in [5, 5.41) is 12.3. The number of carbonyl (C=O) groups excluding carboxylic acids is 1. The average Bonchev–Trinajstić information content (AvgIpc) is 2.31. The van der Waals surface area contributed by atoms with E-state index in [0.29, 0.717) is 19.6 Å². The molecular formula is C12H24N2O3. The zero-order valence-corrected chi connectivity index (χ0v) is 10.5. The zero-order chi connectivity index (χ0) is 12.7. The van der Waals surface area contributed by atoms with Gasteiger partial charge in [0.2, 0.25) is 5.91 Å². The van der Waals surface area contributed by atoms with Crippen LogP contribution >= 0.6 is 0 Å². The van der Waals surface area contributed by atoms with Crippen molar-refractivity contribution in [1.29, 1.82) is 0 Å². The molecule has 0 aromatic carbocycles. The molecule has 5 heteroatoms. The Bertz CT molecular complexity index is 228. The fourth-order valence-corrected chi connectivity index (χ4v) is 2.16. The molecule has 1 aliphatic carbocycles. The van der Waals surface area contributed by atoms with E-state index in [1.165, 1.54) is 0 Å². The van der Waals surface area contributed by atoms with Crippen molar-refractivity contribution >= 4 is 5.91 Å². The largest absolute Gasteiger partial charge is 0.393 e. The second kappa shape index (κ2) is 7.63. The lowest BCUT2D eigenvalue weighted by atomic mass is 9.93. The van der Waals surface area contributed by atoms with Crippen molar-refractivity contribution < 1.29 is 14.6 Å². The van der Waals surface area contributed by atoms with Crippen molar-refractivity contribution in [3.8, 4) is 0 Å². The molecule has 100 valence electrons. The molecule has 0 aromatic rings. The van der Waals surface area contributed by atoms with Gasteiger partial charge in [-0.05, 0) is 32.6 Å². The first-order valence-electron chi connectivity index (χ1n) is 6.44. The Morgan fingerprint density at radius 3 is 2.65 bits per heavy atom. The minimum absolute atomic E-state index is 0.00436. The number of hydrogen-bond donors (Lipinski definition) is 3. The molecule has 1 rings (SSSR count). The number of carbonyl (C=O) groups is 1. The molecule has 1 fully saturated rings. The average molecular weight is 244 g/mol. The molecule has 1 amide bonds. The molecule has 0 aromatic heterocycles. The van der Waals surface area contributed by atoms with E-state index in [2.05, 4.69) is 5.32 Å². The maximum absolute atomic E-state index is 11.7. The molecule has 0 aliphatic heterocycles. The molecule has 1 aliphatic rings. The molecule has 0 bridgehead atoms. The number of amides is 1. The minimum Gasteiger partial charge on any atom is -0.393 e. The van der Waals surface area contributed by atoms with E-state index in [1.807, 2.05) is 6.92 Å². The van der Waals surface area contributed by atoms with E-state index in [9.17, 15) is 9.90 Å². The van der Waals surface area contributed by atoms with Crippen LogP contribution in [0.3, 0.4) is 0 Å². The van der Waals surface area contributed by atoms with Crippen LogP contribution in [0, 0.1) is 0 Å². The minimum atomic E-state index is -0.191. The summed E-state index contributed by atoms with van der Waals surface area (Å²) in [7, 11) is 0. The van der Waals surface area contributed by atoms with E-state index < -0.39 is 0 Å². The van der Waals surface area contributed by atoms with Crippen LogP contribution in [0.4, 0.5) is 0 Å². The Morgan fingerprint density at radius 2 is 2.12 bits per heavy atom. The van der Waals surface area contributed by atoms with Gasteiger partial charge < -0.3 is 20.9 Å². The number of nitrogens with two attached hydrogens (primary N) is 1. The molecule has 17 heavy (non-hydrogen) atoms.